The van der Waals surface area contributed by atoms with Crippen LogP contribution in [0, 0.1) is 17.2 Å². The largest absolute Gasteiger partial charge is 0.348 e. The van der Waals surface area contributed by atoms with Crippen molar-refractivity contribution in [2.45, 2.75) is 26.3 Å². The molecule has 1 amide bonds. The summed E-state index contributed by atoms with van der Waals surface area (Å²) >= 11 is 5.83. The van der Waals surface area contributed by atoms with Gasteiger partial charge >= 0.3 is 0 Å². The number of alkyl halides is 1. The van der Waals surface area contributed by atoms with E-state index < -0.39 is 0 Å². The first kappa shape index (κ1) is 14.5. The van der Waals surface area contributed by atoms with Gasteiger partial charge in [-0.3, -0.25) is 4.79 Å². The molecule has 1 rings (SSSR count). The van der Waals surface area contributed by atoms with Crippen molar-refractivity contribution in [3.8, 4) is 6.07 Å². The van der Waals surface area contributed by atoms with Crippen LogP contribution in [0.1, 0.15) is 36.2 Å². The number of nitrogens with zero attached hydrogens (tertiary/aromatic N) is 1. The van der Waals surface area contributed by atoms with Crippen LogP contribution in [0.15, 0.2) is 24.3 Å². The molecule has 0 saturated carbocycles. The summed E-state index contributed by atoms with van der Waals surface area (Å²) < 4.78 is 0. The first-order valence-corrected chi connectivity index (χ1v) is 6.47. The van der Waals surface area contributed by atoms with E-state index in [9.17, 15) is 4.79 Å². The fraction of sp³-hybridized carbons (Fsp3) is 0.429. The van der Waals surface area contributed by atoms with E-state index in [-0.39, 0.29) is 11.9 Å². The summed E-state index contributed by atoms with van der Waals surface area (Å²) in [5.74, 6) is 0.737. The molecule has 1 N–H and O–H groups in total. The third-order valence-corrected chi connectivity index (χ3v) is 2.93. The van der Waals surface area contributed by atoms with Gasteiger partial charge in [0.25, 0.3) is 5.91 Å². The predicted molar refractivity (Wildman–Crippen MR) is 72.6 cm³/mol. The molecule has 0 fully saturated rings. The van der Waals surface area contributed by atoms with E-state index in [2.05, 4.69) is 19.2 Å². The van der Waals surface area contributed by atoms with E-state index in [1.54, 1.807) is 24.3 Å². The van der Waals surface area contributed by atoms with E-state index in [1.807, 2.05) is 6.07 Å². The fourth-order valence-corrected chi connectivity index (χ4v) is 1.90. The lowest BCUT2D eigenvalue weighted by Gasteiger charge is -2.18. The van der Waals surface area contributed by atoms with Crippen molar-refractivity contribution in [1.29, 1.82) is 5.26 Å². The highest BCUT2D eigenvalue weighted by Crippen LogP contribution is 2.08. The van der Waals surface area contributed by atoms with Crippen LogP contribution in [0.5, 0.6) is 0 Å². The average molecular weight is 265 g/mol. The maximum atomic E-state index is 11.9. The quantitative estimate of drug-likeness (QED) is 0.832. The summed E-state index contributed by atoms with van der Waals surface area (Å²) in [7, 11) is 0. The molecule has 1 unspecified atom stereocenters. The van der Waals surface area contributed by atoms with Crippen LogP contribution in [-0.4, -0.2) is 17.8 Å². The Bertz CT molecular complexity index is 434. The minimum atomic E-state index is -0.147. The Morgan fingerprint density at radius 3 is 2.44 bits per heavy atom. The van der Waals surface area contributed by atoms with Crippen molar-refractivity contribution in [2.24, 2.45) is 5.92 Å². The van der Waals surface area contributed by atoms with Gasteiger partial charge in [-0.05, 0) is 36.6 Å². The van der Waals surface area contributed by atoms with Crippen molar-refractivity contribution < 1.29 is 4.79 Å². The smallest absolute Gasteiger partial charge is 0.251 e. The highest BCUT2D eigenvalue weighted by Gasteiger charge is 2.14. The standard InChI is InChI=1S/C14H17ClN2O/c1-10(2)7-13(8-15)17-14(18)12-5-3-11(9-16)4-6-12/h3-6,10,13H,7-8H2,1-2H3,(H,17,18). The Hall–Kier alpha value is -1.53. The van der Waals surface area contributed by atoms with E-state index >= 15 is 0 Å². The average Bonchev–Trinajstić information content (AvgIpc) is 2.37. The monoisotopic (exact) mass is 264 g/mol. The molecule has 0 saturated heterocycles. The molecule has 3 nitrogen and oxygen atoms in total. The third-order valence-electron chi connectivity index (χ3n) is 2.55. The lowest BCUT2D eigenvalue weighted by molar-refractivity contribution is 0.0936. The Labute approximate surface area is 113 Å². The van der Waals surface area contributed by atoms with Crippen LogP contribution in [0.25, 0.3) is 0 Å². The molecule has 96 valence electrons. The van der Waals surface area contributed by atoms with Crippen molar-refractivity contribution >= 4 is 17.5 Å². The van der Waals surface area contributed by atoms with E-state index in [0.29, 0.717) is 22.9 Å². The minimum Gasteiger partial charge on any atom is -0.348 e. The predicted octanol–water partition coefficient (Wildman–Crippen LogP) is 2.94. The molecule has 0 aromatic heterocycles. The summed E-state index contributed by atoms with van der Waals surface area (Å²) in [4.78, 5) is 11.9. The Morgan fingerprint density at radius 2 is 2.00 bits per heavy atom. The second kappa shape index (κ2) is 7.03. The first-order chi connectivity index (χ1) is 8.56. The highest BCUT2D eigenvalue weighted by atomic mass is 35.5. The number of rotatable bonds is 5. The zero-order valence-corrected chi connectivity index (χ0v) is 11.4. The number of carbonyl (C=O) groups is 1. The second-order valence-electron chi connectivity index (χ2n) is 4.64. The van der Waals surface area contributed by atoms with Gasteiger partial charge in [0.1, 0.15) is 0 Å². The number of benzene rings is 1. The number of nitrogens with one attached hydrogen (secondary N) is 1. The van der Waals surface area contributed by atoms with Crippen LogP contribution < -0.4 is 5.32 Å². The fourth-order valence-electron chi connectivity index (χ4n) is 1.69. The molecule has 0 aliphatic carbocycles. The third kappa shape index (κ3) is 4.38. The molecule has 0 heterocycles. The van der Waals surface area contributed by atoms with Crippen LogP contribution in [-0.2, 0) is 0 Å². The summed E-state index contributed by atoms with van der Waals surface area (Å²) in [5.41, 5.74) is 1.09. The van der Waals surface area contributed by atoms with Gasteiger partial charge < -0.3 is 5.32 Å². The van der Waals surface area contributed by atoms with Crippen molar-refractivity contribution in [3.63, 3.8) is 0 Å². The number of halogens is 1. The lowest BCUT2D eigenvalue weighted by Crippen LogP contribution is -2.37. The van der Waals surface area contributed by atoms with Gasteiger partial charge in [0.2, 0.25) is 0 Å². The van der Waals surface area contributed by atoms with Crippen LogP contribution >= 0.6 is 11.6 Å². The molecule has 1 atom stereocenters. The van der Waals surface area contributed by atoms with E-state index in [1.165, 1.54) is 0 Å². The number of hydrogen-bond acceptors (Lipinski definition) is 2. The summed E-state index contributed by atoms with van der Waals surface area (Å²) in [5, 5.41) is 11.6. The lowest BCUT2D eigenvalue weighted by atomic mass is 10.0. The molecule has 0 aliphatic rings. The molecule has 0 aliphatic heterocycles. The molecule has 18 heavy (non-hydrogen) atoms. The summed E-state index contributed by atoms with van der Waals surface area (Å²) in [6.45, 7) is 4.18. The van der Waals surface area contributed by atoms with Gasteiger partial charge in [0.05, 0.1) is 11.6 Å². The zero-order chi connectivity index (χ0) is 13.5. The molecule has 0 bridgehead atoms. The van der Waals surface area contributed by atoms with E-state index in [4.69, 9.17) is 16.9 Å². The summed E-state index contributed by atoms with van der Waals surface area (Å²) in [6, 6.07) is 8.56. The van der Waals surface area contributed by atoms with Crippen LogP contribution in [0.2, 0.25) is 0 Å². The van der Waals surface area contributed by atoms with Crippen LogP contribution in [0.3, 0.4) is 0 Å². The van der Waals surface area contributed by atoms with Crippen molar-refractivity contribution in [1.82, 2.24) is 5.32 Å². The molecule has 1 aromatic rings. The second-order valence-corrected chi connectivity index (χ2v) is 4.95. The maximum absolute atomic E-state index is 11.9. The Balaban J connectivity index is 2.66. The summed E-state index contributed by atoms with van der Waals surface area (Å²) in [6.07, 6.45) is 0.853. The molecule has 1 aromatic carbocycles. The topological polar surface area (TPSA) is 52.9 Å². The van der Waals surface area contributed by atoms with Crippen LogP contribution in [0.4, 0.5) is 0 Å². The van der Waals surface area contributed by atoms with Gasteiger partial charge in [-0.15, -0.1) is 11.6 Å². The molecular formula is C14H17ClN2O. The highest BCUT2D eigenvalue weighted by molar-refractivity contribution is 6.18. The minimum absolute atomic E-state index is 0.0187. The number of carbonyl (C=O) groups excluding carboxylic acids is 1. The molecule has 0 radical (unpaired) electrons. The normalized spacial score (nSPS) is 11.9. The Kier molecular flexibility index (Phi) is 5.67. The molecule has 4 heteroatoms. The van der Waals surface area contributed by atoms with Gasteiger partial charge in [-0.1, -0.05) is 13.8 Å². The maximum Gasteiger partial charge on any atom is 0.251 e. The molecule has 0 spiro atoms. The first-order valence-electron chi connectivity index (χ1n) is 5.93. The van der Waals surface area contributed by atoms with Gasteiger partial charge in [0, 0.05) is 17.5 Å². The van der Waals surface area contributed by atoms with Crippen molar-refractivity contribution in [2.75, 3.05) is 5.88 Å². The van der Waals surface area contributed by atoms with E-state index in [0.717, 1.165) is 6.42 Å². The van der Waals surface area contributed by atoms with Crippen molar-refractivity contribution in [3.05, 3.63) is 35.4 Å². The van der Waals surface area contributed by atoms with Gasteiger partial charge in [0.15, 0.2) is 0 Å². The number of nitriles is 1. The molecular weight excluding hydrogens is 248 g/mol. The Morgan fingerprint density at radius 1 is 1.39 bits per heavy atom. The number of hydrogen-bond donors (Lipinski definition) is 1. The SMILES string of the molecule is CC(C)CC(CCl)NC(=O)c1ccc(C#N)cc1. The van der Waals surface area contributed by atoms with Gasteiger partial charge in [-0.2, -0.15) is 5.26 Å². The van der Waals surface area contributed by atoms with Gasteiger partial charge in [-0.25, -0.2) is 0 Å². The number of amides is 1. The zero-order valence-electron chi connectivity index (χ0n) is 10.6.